The van der Waals surface area contributed by atoms with Crippen molar-refractivity contribution in [2.75, 3.05) is 24.1 Å². The lowest BCUT2D eigenvalue weighted by atomic mass is 10.1. The Labute approximate surface area is 218 Å². The van der Waals surface area contributed by atoms with E-state index in [1.807, 2.05) is 24.3 Å². The maximum Gasteiger partial charge on any atom is 0.319 e. The van der Waals surface area contributed by atoms with Crippen LogP contribution in [-0.4, -0.2) is 27.5 Å². The highest BCUT2D eigenvalue weighted by atomic mass is 35.5. The van der Waals surface area contributed by atoms with Crippen LogP contribution in [0, 0.1) is 0 Å². The molecule has 0 radical (unpaired) electrons. The molecule has 0 aliphatic rings. The number of carbonyl (C=O) groups is 1. The number of urea groups is 1. The summed E-state index contributed by atoms with van der Waals surface area (Å²) in [5, 5.41) is 5.81. The number of para-hydroxylation sites is 1. The molecule has 8 nitrogen and oxygen atoms in total. The van der Waals surface area contributed by atoms with Gasteiger partial charge in [-0.3, -0.25) is 0 Å². The van der Waals surface area contributed by atoms with E-state index < -0.39 is 16.1 Å². The number of thiophene rings is 1. The summed E-state index contributed by atoms with van der Waals surface area (Å²) < 4.78 is 34.2. The highest BCUT2D eigenvalue weighted by molar-refractivity contribution is 7.91. The molecule has 3 aromatic carbocycles. The molecule has 11 heteroatoms. The van der Waals surface area contributed by atoms with Crippen molar-refractivity contribution >= 4 is 50.4 Å². The molecule has 36 heavy (non-hydrogen) atoms. The van der Waals surface area contributed by atoms with Crippen molar-refractivity contribution in [2.24, 2.45) is 0 Å². The van der Waals surface area contributed by atoms with Gasteiger partial charge in [-0.25, -0.2) is 17.9 Å². The smallest absolute Gasteiger partial charge is 0.319 e. The lowest BCUT2D eigenvalue weighted by Crippen LogP contribution is -2.36. The minimum absolute atomic E-state index is 0.0282. The normalized spacial score (nSPS) is 11.1. The van der Waals surface area contributed by atoms with E-state index in [2.05, 4.69) is 15.4 Å². The van der Waals surface area contributed by atoms with Gasteiger partial charge in [-0.05, 0) is 72.8 Å². The monoisotopic (exact) mass is 542 g/mol. The predicted octanol–water partition coefficient (Wildman–Crippen LogP) is 5.54. The number of ether oxygens (including phenoxy) is 1. The molecule has 1 aromatic heterocycles. The second-order valence-corrected chi connectivity index (χ2v) is 11.1. The van der Waals surface area contributed by atoms with Gasteiger partial charge in [-0.1, -0.05) is 23.7 Å². The van der Waals surface area contributed by atoms with E-state index in [9.17, 15) is 13.2 Å². The number of rotatable bonds is 9. The number of carbonyl (C=O) groups excluding carboxylic acids is 1. The molecule has 5 N–H and O–H groups in total. The van der Waals surface area contributed by atoms with E-state index in [1.54, 1.807) is 60.7 Å². The molecule has 0 fully saturated rings. The number of hydrogen-bond acceptors (Lipinski definition) is 6. The Balaban J connectivity index is 1.35. The van der Waals surface area contributed by atoms with Gasteiger partial charge in [0.1, 0.15) is 15.7 Å². The Morgan fingerprint density at radius 2 is 1.64 bits per heavy atom. The first-order valence-corrected chi connectivity index (χ1v) is 13.5. The average Bonchev–Trinajstić information content (AvgIpc) is 3.36. The second kappa shape index (κ2) is 11.4. The molecule has 4 rings (SSSR count). The first-order chi connectivity index (χ1) is 17.3. The fourth-order valence-corrected chi connectivity index (χ4v) is 5.71. The van der Waals surface area contributed by atoms with Crippen LogP contribution in [0.3, 0.4) is 0 Å². The molecular formula is C25H23ClN4O4S2. The van der Waals surface area contributed by atoms with E-state index in [1.165, 1.54) is 0 Å². The maximum atomic E-state index is 12.8. The number of benzene rings is 3. The standard InChI is InChI=1S/C25H23ClN4O4S2/c26-17-5-9-19(10-6-17)30-25(31)28-15-16-29-36(32,33)24-14-13-23(35-24)21-3-1-2-4-22(21)34-20-11-7-18(27)8-12-20/h1-14,29H,15-16,27H2,(H2,28,30,31). The molecule has 2 amide bonds. The number of nitrogens with one attached hydrogen (secondary N) is 3. The van der Waals surface area contributed by atoms with E-state index in [0.29, 0.717) is 27.9 Å². The number of amides is 2. The van der Waals surface area contributed by atoms with Gasteiger partial charge in [0.05, 0.1) is 0 Å². The Kier molecular flexibility index (Phi) is 8.11. The third-order valence-electron chi connectivity index (χ3n) is 4.91. The molecule has 1 heterocycles. The van der Waals surface area contributed by atoms with Gasteiger partial charge < -0.3 is 21.1 Å². The van der Waals surface area contributed by atoms with Crippen LogP contribution in [0.25, 0.3) is 10.4 Å². The van der Waals surface area contributed by atoms with E-state index in [4.69, 9.17) is 22.1 Å². The van der Waals surface area contributed by atoms with Gasteiger partial charge in [-0.2, -0.15) is 0 Å². The van der Waals surface area contributed by atoms with Gasteiger partial charge in [0.15, 0.2) is 0 Å². The van der Waals surface area contributed by atoms with Crippen LogP contribution >= 0.6 is 22.9 Å². The Hall–Kier alpha value is -3.57. The lowest BCUT2D eigenvalue weighted by Gasteiger charge is -2.10. The average molecular weight is 543 g/mol. The molecular weight excluding hydrogens is 520 g/mol. The largest absolute Gasteiger partial charge is 0.457 e. The minimum Gasteiger partial charge on any atom is -0.457 e. The third-order valence-corrected chi connectivity index (χ3v) is 8.23. The fraction of sp³-hybridized carbons (Fsp3) is 0.0800. The van der Waals surface area contributed by atoms with Crippen molar-refractivity contribution in [1.29, 1.82) is 0 Å². The minimum atomic E-state index is -3.76. The van der Waals surface area contributed by atoms with Gasteiger partial charge in [0.2, 0.25) is 10.0 Å². The van der Waals surface area contributed by atoms with E-state index >= 15 is 0 Å². The van der Waals surface area contributed by atoms with Crippen LogP contribution in [-0.2, 0) is 10.0 Å². The van der Waals surface area contributed by atoms with Crippen molar-refractivity contribution in [2.45, 2.75) is 4.21 Å². The van der Waals surface area contributed by atoms with Gasteiger partial charge in [0.25, 0.3) is 0 Å². The van der Waals surface area contributed by atoms with Crippen LogP contribution in [0.15, 0.2) is 89.1 Å². The topological polar surface area (TPSA) is 123 Å². The molecule has 0 bridgehead atoms. The van der Waals surface area contributed by atoms with Crippen molar-refractivity contribution in [3.05, 3.63) is 90.0 Å². The van der Waals surface area contributed by atoms with Gasteiger partial charge >= 0.3 is 6.03 Å². The van der Waals surface area contributed by atoms with E-state index in [-0.39, 0.29) is 17.3 Å². The molecule has 0 unspecified atom stereocenters. The molecule has 0 aliphatic carbocycles. The highest BCUT2D eigenvalue weighted by Gasteiger charge is 2.18. The SMILES string of the molecule is Nc1ccc(Oc2ccccc2-c2ccc(S(=O)(=O)NCCNC(=O)Nc3ccc(Cl)cc3)s2)cc1. The zero-order valence-corrected chi connectivity index (χ0v) is 21.3. The van der Waals surface area contributed by atoms with Gasteiger partial charge in [-0.15, -0.1) is 11.3 Å². The van der Waals surface area contributed by atoms with Crippen LogP contribution < -0.4 is 25.8 Å². The molecule has 0 saturated carbocycles. The maximum absolute atomic E-state index is 12.8. The quantitative estimate of drug-likeness (QED) is 0.163. The molecule has 0 atom stereocenters. The van der Waals surface area contributed by atoms with Crippen LogP contribution in [0.4, 0.5) is 16.2 Å². The van der Waals surface area contributed by atoms with Gasteiger partial charge in [0, 0.05) is 39.9 Å². The summed E-state index contributed by atoms with van der Waals surface area (Å²) in [6.07, 6.45) is 0. The number of hydrogen-bond donors (Lipinski definition) is 4. The number of nitrogen functional groups attached to an aromatic ring is 1. The highest BCUT2D eigenvalue weighted by Crippen LogP contribution is 2.38. The van der Waals surface area contributed by atoms with Crippen LogP contribution in [0.1, 0.15) is 0 Å². The first-order valence-electron chi connectivity index (χ1n) is 10.8. The molecule has 186 valence electrons. The summed E-state index contributed by atoms with van der Waals surface area (Å²) in [7, 11) is -3.76. The summed E-state index contributed by atoms with van der Waals surface area (Å²) in [6.45, 7) is 0.135. The van der Waals surface area contributed by atoms with Crippen LogP contribution in [0.5, 0.6) is 11.5 Å². The summed E-state index contributed by atoms with van der Waals surface area (Å²) in [5.74, 6) is 1.22. The summed E-state index contributed by atoms with van der Waals surface area (Å²) in [5.41, 5.74) is 7.71. The second-order valence-electron chi connectivity index (χ2n) is 7.57. The summed E-state index contributed by atoms with van der Waals surface area (Å²) >= 11 is 6.95. The van der Waals surface area contributed by atoms with Crippen molar-refractivity contribution in [1.82, 2.24) is 10.0 Å². The first kappa shape index (κ1) is 25.5. The number of sulfonamides is 1. The molecule has 4 aromatic rings. The molecule has 0 saturated heterocycles. The number of anilines is 2. The predicted molar refractivity (Wildman–Crippen MR) is 144 cm³/mol. The number of halogens is 1. The molecule has 0 aliphatic heterocycles. The lowest BCUT2D eigenvalue weighted by molar-refractivity contribution is 0.252. The zero-order valence-electron chi connectivity index (χ0n) is 18.9. The Bertz CT molecular complexity index is 1440. The Morgan fingerprint density at radius 1 is 0.917 bits per heavy atom. The summed E-state index contributed by atoms with van der Waals surface area (Å²) in [6, 6.07) is 23.9. The molecule has 0 spiro atoms. The van der Waals surface area contributed by atoms with Crippen molar-refractivity contribution < 1.29 is 17.9 Å². The third kappa shape index (κ3) is 6.76. The zero-order chi connectivity index (χ0) is 25.5. The number of nitrogens with two attached hydrogens (primary N) is 1. The van der Waals surface area contributed by atoms with E-state index in [0.717, 1.165) is 21.8 Å². The van der Waals surface area contributed by atoms with Crippen molar-refractivity contribution in [3.63, 3.8) is 0 Å². The Morgan fingerprint density at radius 3 is 2.39 bits per heavy atom. The van der Waals surface area contributed by atoms with Crippen LogP contribution in [0.2, 0.25) is 5.02 Å². The summed E-state index contributed by atoms with van der Waals surface area (Å²) in [4.78, 5) is 12.7. The fourth-order valence-electron chi connectivity index (χ4n) is 3.17. The van der Waals surface area contributed by atoms with Crippen molar-refractivity contribution in [3.8, 4) is 21.9 Å².